The smallest absolute Gasteiger partial charge is 0.186 e. The predicted octanol–water partition coefficient (Wildman–Crippen LogP) is 3.40. The van der Waals surface area contributed by atoms with Crippen molar-refractivity contribution in [2.45, 2.75) is 71.3 Å². The number of hydrogen-bond acceptors (Lipinski definition) is 4. The van der Waals surface area contributed by atoms with E-state index in [1.807, 2.05) is 0 Å². The molecule has 0 aliphatic heterocycles. The number of carbonyl (C=O) groups is 1. The first-order valence-electron chi connectivity index (χ1n) is 9.34. The standard InChI is InChI=1S/C19H29NO3/c1-18-7-5-12(21)9-11(18)3-4-13-14(18)6-8-19(2)15(13)10-16(20-23)17(19)22/h11-15,21,23H,3-10H2,1-2H3/t11-,12+,13-,14+,15+,18-,19-/m0/s1. The fraction of sp³-hybridized carbons (Fsp3) is 0.895. The zero-order chi connectivity index (χ0) is 16.4. The Hall–Kier alpha value is -0.900. The van der Waals surface area contributed by atoms with Crippen molar-refractivity contribution in [2.75, 3.05) is 0 Å². The van der Waals surface area contributed by atoms with Crippen LogP contribution < -0.4 is 0 Å². The lowest BCUT2D eigenvalue weighted by molar-refractivity contribution is -0.141. The number of carbonyl (C=O) groups excluding carboxylic acids is 1. The summed E-state index contributed by atoms with van der Waals surface area (Å²) in [6.45, 7) is 4.55. The van der Waals surface area contributed by atoms with Crippen molar-refractivity contribution in [1.29, 1.82) is 0 Å². The summed E-state index contributed by atoms with van der Waals surface area (Å²) >= 11 is 0. The zero-order valence-corrected chi connectivity index (χ0v) is 14.3. The molecular weight excluding hydrogens is 290 g/mol. The lowest BCUT2D eigenvalue weighted by Gasteiger charge is -2.59. The lowest BCUT2D eigenvalue weighted by atomic mass is 9.45. The number of ketones is 1. The van der Waals surface area contributed by atoms with Gasteiger partial charge in [-0.15, -0.1) is 0 Å². The monoisotopic (exact) mass is 319 g/mol. The van der Waals surface area contributed by atoms with E-state index in [1.54, 1.807) is 0 Å². The number of nitrogens with zero attached hydrogens (tertiary/aromatic N) is 1. The van der Waals surface area contributed by atoms with E-state index in [0.717, 1.165) is 32.1 Å². The zero-order valence-electron chi connectivity index (χ0n) is 14.3. The van der Waals surface area contributed by atoms with Gasteiger partial charge in [0.1, 0.15) is 5.71 Å². The molecule has 4 heteroatoms. The first-order valence-corrected chi connectivity index (χ1v) is 9.34. The molecule has 0 saturated heterocycles. The molecule has 23 heavy (non-hydrogen) atoms. The highest BCUT2D eigenvalue weighted by Gasteiger charge is 2.61. The molecule has 4 fully saturated rings. The van der Waals surface area contributed by atoms with Crippen molar-refractivity contribution < 1.29 is 15.1 Å². The van der Waals surface area contributed by atoms with Crippen LogP contribution in [0.15, 0.2) is 5.16 Å². The van der Waals surface area contributed by atoms with Gasteiger partial charge in [-0.2, -0.15) is 0 Å². The van der Waals surface area contributed by atoms with Gasteiger partial charge in [0.05, 0.1) is 6.10 Å². The molecule has 0 spiro atoms. The van der Waals surface area contributed by atoms with Crippen LogP contribution in [0.2, 0.25) is 0 Å². The Morgan fingerprint density at radius 1 is 1.09 bits per heavy atom. The molecule has 0 bridgehead atoms. The van der Waals surface area contributed by atoms with E-state index in [9.17, 15) is 15.1 Å². The molecule has 7 atom stereocenters. The summed E-state index contributed by atoms with van der Waals surface area (Å²) in [4.78, 5) is 12.6. The maximum atomic E-state index is 12.6. The third-order valence-electron chi connectivity index (χ3n) is 8.34. The van der Waals surface area contributed by atoms with Crippen LogP contribution in [-0.4, -0.2) is 27.9 Å². The van der Waals surface area contributed by atoms with Crippen LogP contribution >= 0.6 is 0 Å². The second kappa shape index (κ2) is 5.05. The van der Waals surface area contributed by atoms with Gasteiger partial charge in [0.2, 0.25) is 0 Å². The van der Waals surface area contributed by atoms with Crippen molar-refractivity contribution in [3.63, 3.8) is 0 Å². The topological polar surface area (TPSA) is 69.9 Å². The van der Waals surface area contributed by atoms with E-state index in [1.165, 1.54) is 12.8 Å². The fourth-order valence-electron chi connectivity index (χ4n) is 6.93. The van der Waals surface area contributed by atoms with Crippen molar-refractivity contribution in [2.24, 2.45) is 39.7 Å². The molecule has 0 radical (unpaired) electrons. The summed E-state index contributed by atoms with van der Waals surface area (Å²) in [5, 5.41) is 22.6. The fourth-order valence-corrected chi connectivity index (χ4v) is 6.93. The third kappa shape index (κ3) is 2.00. The Morgan fingerprint density at radius 2 is 1.87 bits per heavy atom. The largest absolute Gasteiger partial charge is 0.411 e. The van der Waals surface area contributed by atoms with Crippen LogP contribution in [-0.2, 0) is 4.79 Å². The Balaban J connectivity index is 1.66. The van der Waals surface area contributed by atoms with Crippen molar-refractivity contribution in [1.82, 2.24) is 0 Å². The van der Waals surface area contributed by atoms with Crippen LogP contribution in [0, 0.1) is 34.5 Å². The highest BCUT2D eigenvalue weighted by atomic mass is 16.4. The summed E-state index contributed by atoms with van der Waals surface area (Å²) in [7, 11) is 0. The maximum Gasteiger partial charge on any atom is 0.186 e. The molecule has 4 aliphatic rings. The van der Waals surface area contributed by atoms with Crippen LogP contribution in [0.5, 0.6) is 0 Å². The van der Waals surface area contributed by atoms with E-state index >= 15 is 0 Å². The maximum absolute atomic E-state index is 12.6. The van der Waals surface area contributed by atoms with Gasteiger partial charge in [0.15, 0.2) is 5.78 Å². The molecule has 0 aromatic heterocycles. The Bertz CT molecular complexity index is 559. The second-order valence-corrected chi connectivity index (χ2v) is 9.12. The minimum Gasteiger partial charge on any atom is -0.411 e. The van der Waals surface area contributed by atoms with Gasteiger partial charge in [-0.25, -0.2) is 0 Å². The SMILES string of the molecule is C[C@]12CC[C@@H](O)C[C@@H]1CC[C@H]1[C@H]2CC[C@]2(C)C(=O)C(=NO)C[C@H]12. The van der Waals surface area contributed by atoms with Gasteiger partial charge in [-0.1, -0.05) is 19.0 Å². The Labute approximate surface area is 138 Å². The predicted molar refractivity (Wildman–Crippen MR) is 87.3 cm³/mol. The summed E-state index contributed by atoms with van der Waals surface area (Å²) < 4.78 is 0. The molecule has 0 unspecified atom stereocenters. The number of aliphatic hydroxyl groups excluding tert-OH is 1. The lowest BCUT2D eigenvalue weighted by Crippen LogP contribution is -2.54. The first kappa shape index (κ1) is 15.6. The number of hydrogen-bond donors (Lipinski definition) is 2. The van der Waals surface area contributed by atoms with E-state index in [-0.39, 0.29) is 17.3 Å². The van der Waals surface area contributed by atoms with Crippen LogP contribution in [0.1, 0.15) is 65.2 Å². The van der Waals surface area contributed by atoms with E-state index in [4.69, 9.17) is 0 Å². The molecular formula is C19H29NO3. The van der Waals surface area contributed by atoms with Crippen molar-refractivity contribution in [3.8, 4) is 0 Å². The molecule has 0 heterocycles. The molecule has 4 saturated carbocycles. The number of rotatable bonds is 0. The summed E-state index contributed by atoms with van der Waals surface area (Å²) in [5.41, 5.74) is 0.427. The molecule has 128 valence electrons. The molecule has 0 amide bonds. The molecule has 0 aromatic carbocycles. The highest BCUT2D eigenvalue weighted by molar-refractivity contribution is 6.43. The third-order valence-corrected chi connectivity index (χ3v) is 8.34. The van der Waals surface area contributed by atoms with Crippen molar-refractivity contribution in [3.05, 3.63) is 0 Å². The molecule has 4 rings (SSSR count). The van der Waals surface area contributed by atoms with Crippen molar-refractivity contribution >= 4 is 11.5 Å². The average molecular weight is 319 g/mol. The molecule has 2 N–H and O–H groups in total. The van der Waals surface area contributed by atoms with E-state index in [0.29, 0.717) is 41.2 Å². The van der Waals surface area contributed by atoms with Gasteiger partial charge in [-0.3, -0.25) is 4.79 Å². The number of aliphatic hydroxyl groups is 1. The Morgan fingerprint density at radius 3 is 2.61 bits per heavy atom. The number of Topliss-reactive ketones (excluding diaryl/α,β-unsaturated/α-hetero) is 1. The number of oxime groups is 1. The second-order valence-electron chi connectivity index (χ2n) is 9.12. The molecule has 4 nitrogen and oxygen atoms in total. The minimum atomic E-state index is -0.305. The summed E-state index contributed by atoms with van der Waals surface area (Å²) in [6.07, 6.45) is 7.97. The van der Waals surface area contributed by atoms with Crippen LogP contribution in [0.3, 0.4) is 0 Å². The highest BCUT2D eigenvalue weighted by Crippen LogP contribution is 2.65. The molecule has 0 aromatic rings. The van der Waals surface area contributed by atoms with Crippen LogP contribution in [0.25, 0.3) is 0 Å². The van der Waals surface area contributed by atoms with Gasteiger partial charge in [0.25, 0.3) is 0 Å². The summed E-state index contributed by atoms with van der Waals surface area (Å²) in [6, 6.07) is 0. The van der Waals surface area contributed by atoms with E-state index in [2.05, 4.69) is 19.0 Å². The molecule has 4 aliphatic carbocycles. The van der Waals surface area contributed by atoms with Gasteiger partial charge in [0, 0.05) is 11.8 Å². The van der Waals surface area contributed by atoms with Crippen LogP contribution in [0.4, 0.5) is 0 Å². The van der Waals surface area contributed by atoms with Gasteiger partial charge in [-0.05, 0) is 74.0 Å². The number of fused-ring (bicyclic) bond motifs is 5. The van der Waals surface area contributed by atoms with Gasteiger partial charge >= 0.3 is 0 Å². The van der Waals surface area contributed by atoms with E-state index < -0.39 is 0 Å². The average Bonchev–Trinajstić information content (AvgIpc) is 2.79. The normalized spacial score (nSPS) is 54.5. The van der Waals surface area contributed by atoms with Gasteiger partial charge < -0.3 is 10.3 Å². The quantitative estimate of drug-likeness (QED) is 0.531. The minimum absolute atomic E-state index is 0.0924. The first-order chi connectivity index (χ1) is 10.9. The summed E-state index contributed by atoms with van der Waals surface area (Å²) in [5.74, 6) is 2.32. The Kier molecular flexibility index (Phi) is 3.43.